The molecule has 2 rings (SSSR count). The van der Waals surface area contributed by atoms with Gasteiger partial charge in [-0.2, -0.15) is 0 Å². The second kappa shape index (κ2) is 6.26. The minimum absolute atomic E-state index is 0.157. The van der Waals surface area contributed by atoms with Crippen molar-refractivity contribution in [1.29, 1.82) is 0 Å². The fraction of sp³-hybridized carbons (Fsp3) is 0.188. The van der Waals surface area contributed by atoms with Crippen LogP contribution < -0.4 is 9.47 Å². The molecule has 0 amide bonds. The smallest absolute Gasteiger partial charge is 0.194 e. The molecule has 0 radical (unpaired) electrons. The Balaban J connectivity index is 2.56. The van der Waals surface area contributed by atoms with Gasteiger partial charge < -0.3 is 9.47 Å². The summed E-state index contributed by atoms with van der Waals surface area (Å²) in [6.45, 7) is 1.79. The molecule has 21 heavy (non-hydrogen) atoms. The minimum Gasteiger partial charge on any atom is -0.493 e. The molecule has 0 heterocycles. The molecule has 3 nitrogen and oxygen atoms in total. The first kappa shape index (κ1) is 15.5. The topological polar surface area (TPSA) is 35.5 Å². The summed E-state index contributed by atoms with van der Waals surface area (Å²) in [5.41, 5.74) is 1.44. The molecule has 2 aromatic carbocycles. The Morgan fingerprint density at radius 3 is 2.33 bits per heavy atom. The molecule has 0 atom stereocenters. The molecule has 0 saturated heterocycles. The first-order valence-corrected chi connectivity index (χ1v) is 7.00. The Morgan fingerprint density at radius 1 is 1.10 bits per heavy atom. The van der Waals surface area contributed by atoms with E-state index in [2.05, 4.69) is 15.9 Å². The van der Waals surface area contributed by atoms with Crippen LogP contribution in [0.15, 0.2) is 34.8 Å². The van der Waals surface area contributed by atoms with E-state index in [0.29, 0.717) is 17.1 Å². The van der Waals surface area contributed by atoms with E-state index in [1.807, 2.05) is 0 Å². The molecule has 0 bridgehead atoms. The summed E-state index contributed by atoms with van der Waals surface area (Å²) in [6.07, 6.45) is 0. The van der Waals surface area contributed by atoms with E-state index < -0.39 is 5.82 Å². The van der Waals surface area contributed by atoms with Crippen molar-refractivity contribution in [1.82, 2.24) is 0 Å². The first-order chi connectivity index (χ1) is 9.99. The average Bonchev–Trinajstić information content (AvgIpc) is 2.49. The molecule has 0 aromatic heterocycles. The van der Waals surface area contributed by atoms with Gasteiger partial charge in [0.25, 0.3) is 0 Å². The largest absolute Gasteiger partial charge is 0.493 e. The Morgan fingerprint density at radius 2 is 1.71 bits per heavy atom. The SMILES string of the molecule is COc1cc(C)c(C(=O)c2cccc(F)c2Br)cc1OC. The molecule has 0 fully saturated rings. The van der Waals surface area contributed by atoms with E-state index in [9.17, 15) is 9.18 Å². The fourth-order valence-corrected chi connectivity index (χ4v) is 2.49. The predicted molar refractivity (Wildman–Crippen MR) is 81.8 cm³/mol. The molecule has 110 valence electrons. The maximum absolute atomic E-state index is 13.6. The highest BCUT2D eigenvalue weighted by Crippen LogP contribution is 2.32. The van der Waals surface area contributed by atoms with E-state index in [0.717, 1.165) is 5.56 Å². The number of halogens is 2. The van der Waals surface area contributed by atoms with E-state index in [1.54, 1.807) is 25.1 Å². The summed E-state index contributed by atoms with van der Waals surface area (Å²) in [7, 11) is 3.03. The summed E-state index contributed by atoms with van der Waals surface area (Å²) in [4.78, 5) is 12.6. The van der Waals surface area contributed by atoms with Crippen molar-refractivity contribution in [3.8, 4) is 11.5 Å². The van der Waals surface area contributed by atoms with Gasteiger partial charge in [-0.15, -0.1) is 0 Å². The number of ether oxygens (including phenoxy) is 2. The van der Waals surface area contributed by atoms with Gasteiger partial charge in [0.05, 0.1) is 18.7 Å². The number of rotatable bonds is 4. The van der Waals surface area contributed by atoms with E-state index in [4.69, 9.17) is 9.47 Å². The summed E-state index contributed by atoms with van der Waals surface area (Å²) in [6, 6.07) is 7.70. The van der Waals surface area contributed by atoms with Gasteiger partial charge >= 0.3 is 0 Å². The molecule has 0 spiro atoms. The van der Waals surface area contributed by atoms with Crippen molar-refractivity contribution >= 4 is 21.7 Å². The monoisotopic (exact) mass is 352 g/mol. The minimum atomic E-state index is -0.473. The summed E-state index contributed by atoms with van der Waals surface area (Å²) < 4.78 is 24.1. The molecule has 0 aliphatic carbocycles. The van der Waals surface area contributed by atoms with Crippen LogP contribution in [0, 0.1) is 12.7 Å². The van der Waals surface area contributed by atoms with Crippen molar-refractivity contribution in [2.24, 2.45) is 0 Å². The number of ketones is 1. The molecule has 5 heteroatoms. The third-order valence-corrected chi connectivity index (χ3v) is 3.98. The first-order valence-electron chi connectivity index (χ1n) is 6.21. The normalized spacial score (nSPS) is 10.3. The Hall–Kier alpha value is -1.88. The van der Waals surface area contributed by atoms with Gasteiger partial charge in [-0.05, 0) is 52.7 Å². The van der Waals surface area contributed by atoms with E-state index in [1.165, 1.54) is 26.4 Å². The lowest BCUT2D eigenvalue weighted by Crippen LogP contribution is -2.06. The zero-order valence-electron chi connectivity index (χ0n) is 11.9. The number of methoxy groups -OCH3 is 2. The Kier molecular flexibility index (Phi) is 4.63. The molecular weight excluding hydrogens is 339 g/mol. The van der Waals surface area contributed by atoms with Gasteiger partial charge in [0, 0.05) is 11.1 Å². The summed E-state index contributed by atoms with van der Waals surface area (Å²) >= 11 is 3.11. The second-order valence-electron chi connectivity index (χ2n) is 4.45. The summed E-state index contributed by atoms with van der Waals surface area (Å²) in [5.74, 6) is 0.252. The van der Waals surface area contributed by atoms with Crippen LogP contribution in [0.4, 0.5) is 4.39 Å². The highest BCUT2D eigenvalue weighted by molar-refractivity contribution is 9.10. The Labute approximate surface area is 130 Å². The maximum atomic E-state index is 13.6. The molecule has 0 aliphatic rings. The van der Waals surface area contributed by atoms with Crippen LogP contribution in [-0.2, 0) is 0 Å². The van der Waals surface area contributed by atoms with Crippen molar-refractivity contribution in [3.63, 3.8) is 0 Å². The zero-order valence-corrected chi connectivity index (χ0v) is 13.5. The molecule has 0 aliphatic heterocycles. The Bertz CT molecular complexity index is 698. The van der Waals surface area contributed by atoms with Crippen molar-refractivity contribution in [3.05, 3.63) is 57.3 Å². The number of carbonyl (C=O) groups excluding carboxylic acids is 1. The van der Waals surface area contributed by atoms with E-state index >= 15 is 0 Å². The third kappa shape index (κ3) is 2.93. The number of carbonyl (C=O) groups is 1. The van der Waals surface area contributed by atoms with Gasteiger partial charge in [0.1, 0.15) is 5.82 Å². The quantitative estimate of drug-likeness (QED) is 0.775. The second-order valence-corrected chi connectivity index (χ2v) is 5.25. The lowest BCUT2D eigenvalue weighted by Gasteiger charge is -2.13. The number of hydrogen-bond donors (Lipinski definition) is 0. The summed E-state index contributed by atoms with van der Waals surface area (Å²) in [5, 5.41) is 0. The number of benzene rings is 2. The van der Waals surface area contributed by atoms with Crippen LogP contribution in [0.3, 0.4) is 0 Å². The van der Waals surface area contributed by atoms with Crippen LogP contribution in [0.5, 0.6) is 11.5 Å². The molecule has 2 aromatic rings. The molecule has 0 saturated carbocycles. The van der Waals surface area contributed by atoms with Gasteiger partial charge in [-0.3, -0.25) is 4.79 Å². The van der Waals surface area contributed by atoms with Crippen LogP contribution in [-0.4, -0.2) is 20.0 Å². The molecule has 0 unspecified atom stereocenters. The lowest BCUT2D eigenvalue weighted by atomic mass is 9.98. The van der Waals surface area contributed by atoms with Crippen molar-refractivity contribution in [2.75, 3.05) is 14.2 Å². The van der Waals surface area contributed by atoms with Crippen LogP contribution in [0.25, 0.3) is 0 Å². The highest BCUT2D eigenvalue weighted by atomic mass is 79.9. The fourth-order valence-electron chi connectivity index (χ4n) is 2.05. The van der Waals surface area contributed by atoms with Gasteiger partial charge in [-0.1, -0.05) is 6.07 Å². The standard InChI is InChI=1S/C16H14BrFO3/c1-9-7-13(20-2)14(21-3)8-11(9)16(19)10-5-4-6-12(18)15(10)17/h4-8H,1-3H3. The van der Waals surface area contributed by atoms with E-state index in [-0.39, 0.29) is 15.8 Å². The average molecular weight is 353 g/mol. The zero-order chi connectivity index (χ0) is 15.6. The highest BCUT2D eigenvalue weighted by Gasteiger charge is 2.19. The predicted octanol–water partition coefficient (Wildman–Crippen LogP) is 4.14. The third-order valence-electron chi connectivity index (χ3n) is 3.17. The van der Waals surface area contributed by atoms with Crippen LogP contribution in [0.1, 0.15) is 21.5 Å². The number of hydrogen-bond acceptors (Lipinski definition) is 3. The van der Waals surface area contributed by atoms with Gasteiger partial charge in [0.2, 0.25) is 0 Å². The van der Waals surface area contributed by atoms with Gasteiger partial charge in [-0.25, -0.2) is 4.39 Å². The maximum Gasteiger partial charge on any atom is 0.194 e. The van der Waals surface area contributed by atoms with Crippen LogP contribution >= 0.6 is 15.9 Å². The number of aryl methyl sites for hydroxylation is 1. The molecule has 0 N–H and O–H groups in total. The van der Waals surface area contributed by atoms with Crippen molar-refractivity contribution in [2.45, 2.75) is 6.92 Å². The lowest BCUT2D eigenvalue weighted by molar-refractivity contribution is 0.103. The molecular formula is C16H14BrFO3. The van der Waals surface area contributed by atoms with Crippen molar-refractivity contribution < 1.29 is 18.7 Å². The van der Waals surface area contributed by atoms with Crippen LogP contribution in [0.2, 0.25) is 0 Å². The van der Waals surface area contributed by atoms with Gasteiger partial charge in [0.15, 0.2) is 17.3 Å².